The molecule has 7 nitrogen and oxygen atoms in total. The number of Topliss-reactive ketones (excluding diaryl/α,β-unsaturated/α-hetero) is 1. The average Bonchev–Trinajstić information content (AvgIpc) is 3.18. The number of hydrogen-bond acceptors (Lipinski definition) is 5. The molecule has 5 rings (SSSR count). The van der Waals surface area contributed by atoms with Crippen LogP contribution in [0.5, 0.6) is 11.5 Å². The molecule has 0 radical (unpaired) electrons. The van der Waals surface area contributed by atoms with E-state index in [2.05, 4.69) is 15.5 Å². The third-order valence-electron chi connectivity index (χ3n) is 6.26. The predicted octanol–water partition coefficient (Wildman–Crippen LogP) is 3.82. The molecule has 32 heavy (non-hydrogen) atoms. The van der Waals surface area contributed by atoms with Crippen LogP contribution in [0.4, 0.5) is 10.2 Å². The summed E-state index contributed by atoms with van der Waals surface area (Å²) in [6.07, 6.45) is 0.881. The quantitative estimate of drug-likeness (QED) is 0.579. The van der Waals surface area contributed by atoms with Crippen LogP contribution >= 0.6 is 0 Å². The van der Waals surface area contributed by atoms with Gasteiger partial charge in [-0.25, -0.2) is 4.39 Å². The molecule has 2 aliphatic rings. The van der Waals surface area contributed by atoms with Crippen LogP contribution in [0.2, 0.25) is 0 Å². The van der Waals surface area contributed by atoms with E-state index in [1.807, 2.05) is 18.2 Å². The van der Waals surface area contributed by atoms with Crippen molar-refractivity contribution < 1.29 is 18.7 Å². The lowest BCUT2D eigenvalue weighted by Gasteiger charge is -2.34. The number of aromatic nitrogens is 2. The fourth-order valence-corrected chi connectivity index (χ4v) is 4.75. The first-order chi connectivity index (χ1) is 15.5. The average molecular weight is 435 g/mol. The van der Waals surface area contributed by atoms with Crippen LogP contribution in [0.1, 0.15) is 41.4 Å². The molecule has 1 aromatic heterocycles. The molecule has 0 amide bonds. The minimum atomic E-state index is -0.560. The van der Waals surface area contributed by atoms with Crippen molar-refractivity contribution in [3.8, 4) is 11.5 Å². The fourth-order valence-electron chi connectivity index (χ4n) is 4.75. The highest BCUT2D eigenvalue weighted by Gasteiger charge is 2.40. The molecule has 0 saturated heterocycles. The molecule has 0 fully saturated rings. The lowest BCUT2D eigenvalue weighted by atomic mass is 9.73. The fraction of sp³-hybridized carbons (Fsp3) is 0.250. The largest absolute Gasteiger partial charge is 0.493 e. The van der Waals surface area contributed by atoms with Crippen molar-refractivity contribution in [2.24, 2.45) is 0 Å². The summed E-state index contributed by atoms with van der Waals surface area (Å²) in [6, 6.07) is 11.6. The third-order valence-corrected chi connectivity index (χ3v) is 6.26. The molecule has 3 aromatic rings. The highest BCUT2D eigenvalue weighted by atomic mass is 19.1. The molecular weight excluding hydrogens is 413 g/mol. The second-order valence-electron chi connectivity index (χ2n) is 8.01. The first kappa shape index (κ1) is 20.1. The van der Waals surface area contributed by atoms with Gasteiger partial charge in [-0.05, 0) is 47.7 Å². The highest BCUT2D eigenvalue weighted by Crippen LogP contribution is 2.47. The lowest BCUT2D eigenvalue weighted by molar-refractivity contribution is -0.116. The topological polar surface area (TPSA) is 96.2 Å². The summed E-state index contributed by atoms with van der Waals surface area (Å²) in [5, 5.41) is 8.72. The number of methoxy groups -OCH3 is 2. The number of H-pyrrole nitrogens is 2. The maximum absolute atomic E-state index is 13.5. The zero-order valence-corrected chi connectivity index (χ0v) is 17.6. The molecule has 3 N–H and O–H groups in total. The molecule has 0 saturated carbocycles. The summed E-state index contributed by atoms with van der Waals surface area (Å²) in [5.41, 5.74) is 3.13. The second-order valence-corrected chi connectivity index (χ2v) is 8.01. The number of carbonyl (C=O) groups excluding carboxylic acids is 1. The number of allylic oxidation sites excluding steroid dienone is 2. The van der Waals surface area contributed by atoms with Gasteiger partial charge in [-0.15, -0.1) is 0 Å². The molecule has 0 bridgehead atoms. The number of nitrogens with one attached hydrogen (secondary N) is 3. The van der Waals surface area contributed by atoms with E-state index < -0.39 is 5.92 Å². The molecule has 2 heterocycles. The zero-order chi connectivity index (χ0) is 22.4. The molecule has 1 aliphatic carbocycles. The number of carbonyl (C=O) groups is 1. The first-order valence-corrected chi connectivity index (χ1v) is 10.3. The molecule has 164 valence electrons. The normalized spacial score (nSPS) is 19.8. The number of aromatic amines is 2. The van der Waals surface area contributed by atoms with Gasteiger partial charge in [0.1, 0.15) is 11.6 Å². The first-order valence-electron chi connectivity index (χ1n) is 10.3. The Morgan fingerprint density at radius 2 is 1.62 bits per heavy atom. The van der Waals surface area contributed by atoms with Gasteiger partial charge in [0.2, 0.25) is 0 Å². The highest BCUT2D eigenvalue weighted by molar-refractivity contribution is 6.01. The monoisotopic (exact) mass is 435 g/mol. The van der Waals surface area contributed by atoms with Crippen molar-refractivity contribution in [3.63, 3.8) is 0 Å². The van der Waals surface area contributed by atoms with E-state index in [-0.39, 0.29) is 23.1 Å². The van der Waals surface area contributed by atoms with Gasteiger partial charge in [0.25, 0.3) is 5.56 Å². The van der Waals surface area contributed by atoms with E-state index in [1.54, 1.807) is 26.4 Å². The Balaban J connectivity index is 1.58. The number of fused-ring (bicyclic) bond motifs is 1. The summed E-state index contributed by atoms with van der Waals surface area (Å²) in [7, 11) is 3.16. The summed E-state index contributed by atoms with van der Waals surface area (Å²) in [6.45, 7) is 0. The minimum absolute atomic E-state index is 0.0425. The Labute approximate surface area is 183 Å². The van der Waals surface area contributed by atoms with Crippen LogP contribution in [0.15, 0.2) is 58.5 Å². The molecule has 0 spiro atoms. The van der Waals surface area contributed by atoms with Gasteiger partial charge in [-0.2, -0.15) is 0 Å². The Hall–Kier alpha value is -3.81. The number of ketones is 1. The van der Waals surface area contributed by atoms with Crippen LogP contribution in [0.25, 0.3) is 0 Å². The van der Waals surface area contributed by atoms with Crippen LogP contribution in [-0.2, 0) is 4.79 Å². The van der Waals surface area contributed by atoms with E-state index in [0.29, 0.717) is 46.9 Å². The maximum Gasteiger partial charge on any atom is 0.270 e. The SMILES string of the molecule is COc1ccc(C2CC(=O)C3=C(C2)Nc2[nH][nH]c(=O)c2C3c2ccc(F)cc2)cc1OC. The zero-order valence-electron chi connectivity index (χ0n) is 17.6. The minimum Gasteiger partial charge on any atom is -0.493 e. The van der Waals surface area contributed by atoms with Gasteiger partial charge in [-0.1, -0.05) is 18.2 Å². The van der Waals surface area contributed by atoms with E-state index in [0.717, 1.165) is 11.3 Å². The van der Waals surface area contributed by atoms with E-state index in [9.17, 15) is 14.0 Å². The molecule has 1 aliphatic heterocycles. The summed E-state index contributed by atoms with van der Waals surface area (Å²) < 4.78 is 24.3. The Morgan fingerprint density at radius 3 is 2.34 bits per heavy atom. The number of hydrogen-bond donors (Lipinski definition) is 3. The number of anilines is 1. The van der Waals surface area contributed by atoms with Gasteiger partial charge < -0.3 is 14.8 Å². The lowest BCUT2D eigenvalue weighted by Crippen LogP contribution is -2.31. The van der Waals surface area contributed by atoms with Crippen molar-refractivity contribution >= 4 is 11.6 Å². The number of halogens is 1. The van der Waals surface area contributed by atoms with Gasteiger partial charge in [-0.3, -0.25) is 19.8 Å². The molecular formula is C24H22FN3O4. The predicted molar refractivity (Wildman–Crippen MR) is 117 cm³/mol. The van der Waals surface area contributed by atoms with Crippen LogP contribution in [0.3, 0.4) is 0 Å². The van der Waals surface area contributed by atoms with Crippen LogP contribution in [0, 0.1) is 5.82 Å². The summed E-state index contributed by atoms with van der Waals surface area (Å²) in [5.74, 6) is 0.729. The van der Waals surface area contributed by atoms with E-state index >= 15 is 0 Å². The van der Waals surface area contributed by atoms with Crippen molar-refractivity contribution in [2.75, 3.05) is 19.5 Å². The van der Waals surface area contributed by atoms with Crippen LogP contribution in [-0.4, -0.2) is 30.2 Å². The van der Waals surface area contributed by atoms with Gasteiger partial charge in [0.15, 0.2) is 17.3 Å². The maximum atomic E-state index is 13.5. The number of benzene rings is 2. The Bertz CT molecular complexity index is 1290. The summed E-state index contributed by atoms with van der Waals surface area (Å²) in [4.78, 5) is 26.0. The van der Waals surface area contributed by atoms with Crippen LogP contribution < -0.4 is 20.3 Å². The molecule has 2 atom stereocenters. The van der Waals surface area contributed by atoms with Crippen molar-refractivity contribution in [2.45, 2.75) is 24.7 Å². The van der Waals surface area contributed by atoms with Crippen molar-refractivity contribution in [3.05, 3.63) is 86.6 Å². The third kappa shape index (κ3) is 3.19. The van der Waals surface area contributed by atoms with Gasteiger partial charge in [0.05, 0.1) is 19.8 Å². The van der Waals surface area contributed by atoms with Crippen molar-refractivity contribution in [1.29, 1.82) is 0 Å². The Morgan fingerprint density at radius 1 is 0.906 bits per heavy atom. The van der Waals surface area contributed by atoms with Gasteiger partial charge in [0, 0.05) is 23.6 Å². The number of rotatable bonds is 4. The molecule has 2 aromatic carbocycles. The smallest absolute Gasteiger partial charge is 0.270 e. The Kier molecular flexibility index (Phi) is 4.84. The summed E-state index contributed by atoms with van der Waals surface area (Å²) >= 11 is 0. The van der Waals surface area contributed by atoms with Crippen molar-refractivity contribution in [1.82, 2.24) is 10.2 Å². The van der Waals surface area contributed by atoms with E-state index in [4.69, 9.17) is 9.47 Å². The second kappa shape index (κ2) is 7.71. The molecule has 2 unspecified atom stereocenters. The van der Waals surface area contributed by atoms with E-state index in [1.165, 1.54) is 12.1 Å². The standard InChI is InChI=1S/C24H22FN3O4/c1-31-18-8-5-13(11-19(18)32-2)14-9-16-21(17(29)10-14)20(12-3-6-15(25)7-4-12)22-23(26-16)27-28-24(22)30/h3-8,11,14,20H,9-10H2,1-2H3,(H3,26,27,28,30). The number of ether oxygens (including phenoxy) is 2. The molecule has 8 heteroatoms. The van der Waals surface area contributed by atoms with Gasteiger partial charge >= 0.3 is 0 Å².